The molecular weight excluding hydrogens is 368 g/mol. The number of carbonyl (C=O) groups is 1. The summed E-state index contributed by atoms with van der Waals surface area (Å²) in [5.41, 5.74) is 4.72. The summed E-state index contributed by atoms with van der Waals surface area (Å²) in [7, 11) is 0. The van der Waals surface area contributed by atoms with Crippen LogP contribution in [0.5, 0.6) is 0 Å². The number of nitrogens with zero attached hydrogens (tertiary/aromatic N) is 4. The van der Waals surface area contributed by atoms with Gasteiger partial charge >= 0.3 is 0 Å². The Morgan fingerprint density at radius 3 is 2.29 bits per heavy atom. The van der Waals surface area contributed by atoms with Crippen molar-refractivity contribution in [1.82, 2.24) is 19.5 Å². The van der Waals surface area contributed by atoms with Crippen molar-refractivity contribution in [3.63, 3.8) is 0 Å². The van der Waals surface area contributed by atoms with Crippen molar-refractivity contribution in [2.45, 2.75) is 13.1 Å². The number of amides is 1. The summed E-state index contributed by atoms with van der Waals surface area (Å²) in [5, 5.41) is 5.61. The van der Waals surface area contributed by atoms with Gasteiger partial charge in [-0.25, -0.2) is 0 Å². The zero-order valence-corrected chi connectivity index (χ0v) is 15.9. The fourth-order valence-corrected chi connectivity index (χ4v) is 3.41. The molecule has 5 nitrogen and oxygen atoms in total. The van der Waals surface area contributed by atoms with Crippen molar-refractivity contribution in [3.05, 3.63) is 101 Å². The van der Waals surface area contributed by atoms with E-state index in [2.05, 4.69) is 51.0 Å². The van der Waals surface area contributed by atoms with E-state index >= 15 is 0 Å². The summed E-state index contributed by atoms with van der Waals surface area (Å²) in [5.74, 6) is -0.135. The summed E-state index contributed by atoms with van der Waals surface area (Å²) in [4.78, 5) is 18.8. The molecule has 0 aliphatic heterocycles. The molecule has 0 saturated carbocycles. The standard InChI is InChI=1S/C22H18N4OS/c27-22(21-16-28-25-24-21)26(15-18-5-4-12-23-13-18)14-17-8-10-20(11-9-17)19-6-2-1-3-7-19/h1-13,16H,14-15H2. The first kappa shape index (κ1) is 18.0. The van der Waals surface area contributed by atoms with Crippen LogP contribution in [0.1, 0.15) is 21.6 Å². The second-order valence-electron chi connectivity index (χ2n) is 6.38. The molecule has 2 heterocycles. The molecule has 138 valence electrons. The molecule has 4 rings (SSSR count). The first-order valence-electron chi connectivity index (χ1n) is 8.89. The maximum absolute atomic E-state index is 12.9. The first-order valence-corrected chi connectivity index (χ1v) is 9.73. The molecule has 2 aromatic carbocycles. The lowest BCUT2D eigenvalue weighted by atomic mass is 10.0. The van der Waals surface area contributed by atoms with Gasteiger partial charge in [0.1, 0.15) is 0 Å². The molecule has 1 amide bonds. The van der Waals surface area contributed by atoms with E-state index in [1.807, 2.05) is 30.3 Å². The van der Waals surface area contributed by atoms with Crippen molar-refractivity contribution in [1.29, 1.82) is 0 Å². The monoisotopic (exact) mass is 386 g/mol. The first-order chi connectivity index (χ1) is 13.8. The van der Waals surface area contributed by atoms with Crippen LogP contribution < -0.4 is 0 Å². The van der Waals surface area contributed by atoms with Crippen LogP contribution in [0.4, 0.5) is 0 Å². The maximum Gasteiger partial charge on any atom is 0.275 e. The lowest BCUT2D eigenvalue weighted by Gasteiger charge is -2.22. The topological polar surface area (TPSA) is 59.0 Å². The highest BCUT2D eigenvalue weighted by atomic mass is 32.1. The van der Waals surface area contributed by atoms with Gasteiger partial charge in [-0.2, -0.15) is 0 Å². The van der Waals surface area contributed by atoms with Gasteiger partial charge in [-0.05, 0) is 39.9 Å². The summed E-state index contributed by atoms with van der Waals surface area (Å²) < 4.78 is 3.82. The van der Waals surface area contributed by atoms with Crippen molar-refractivity contribution < 1.29 is 4.79 Å². The largest absolute Gasteiger partial charge is 0.329 e. The molecule has 4 aromatic rings. The zero-order chi connectivity index (χ0) is 19.2. The molecule has 28 heavy (non-hydrogen) atoms. The smallest absolute Gasteiger partial charge is 0.275 e. The quantitative estimate of drug-likeness (QED) is 0.491. The highest BCUT2D eigenvalue weighted by Crippen LogP contribution is 2.21. The number of pyridine rings is 1. The third kappa shape index (κ3) is 4.29. The normalized spacial score (nSPS) is 10.6. The Hall–Kier alpha value is -3.38. The average molecular weight is 386 g/mol. The molecule has 0 fully saturated rings. The fraction of sp³-hybridized carbons (Fsp3) is 0.0909. The molecular formula is C22H18N4OS. The molecule has 0 saturated heterocycles. The third-order valence-electron chi connectivity index (χ3n) is 4.40. The van der Waals surface area contributed by atoms with Crippen LogP contribution in [0.3, 0.4) is 0 Å². The van der Waals surface area contributed by atoms with Crippen LogP contribution in [0.25, 0.3) is 11.1 Å². The molecule has 6 heteroatoms. The van der Waals surface area contributed by atoms with E-state index in [4.69, 9.17) is 0 Å². The Bertz CT molecular complexity index is 1020. The SMILES string of the molecule is O=C(c1csnn1)N(Cc1ccc(-c2ccccc2)cc1)Cc1cccnc1. The van der Waals surface area contributed by atoms with Crippen LogP contribution in [0.15, 0.2) is 84.5 Å². The van der Waals surface area contributed by atoms with Gasteiger partial charge in [-0.1, -0.05) is 65.2 Å². The van der Waals surface area contributed by atoms with Crippen molar-refractivity contribution in [2.24, 2.45) is 0 Å². The molecule has 0 aliphatic carbocycles. The van der Waals surface area contributed by atoms with Gasteiger partial charge < -0.3 is 4.90 Å². The Kier molecular flexibility index (Phi) is 5.49. The molecule has 0 aliphatic rings. The molecule has 0 bridgehead atoms. The van der Waals surface area contributed by atoms with Crippen LogP contribution in [-0.2, 0) is 13.1 Å². The molecule has 2 aromatic heterocycles. The van der Waals surface area contributed by atoms with Crippen molar-refractivity contribution >= 4 is 17.4 Å². The maximum atomic E-state index is 12.9. The minimum Gasteiger partial charge on any atom is -0.329 e. The summed E-state index contributed by atoms with van der Waals surface area (Å²) in [6.07, 6.45) is 3.50. The molecule has 0 spiro atoms. The van der Waals surface area contributed by atoms with E-state index in [-0.39, 0.29) is 5.91 Å². The Labute approximate surface area is 167 Å². The van der Waals surface area contributed by atoms with E-state index in [0.29, 0.717) is 18.8 Å². The number of benzene rings is 2. The second-order valence-corrected chi connectivity index (χ2v) is 6.99. The van der Waals surface area contributed by atoms with E-state index in [9.17, 15) is 4.79 Å². The molecule has 0 unspecified atom stereocenters. The lowest BCUT2D eigenvalue weighted by molar-refractivity contribution is 0.0724. The molecule has 0 N–H and O–H groups in total. The van der Waals surface area contributed by atoms with Crippen molar-refractivity contribution in [3.8, 4) is 11.1 Å². The average Bonchev–Trinajstić information content (AvgIpc) is 3.30. The third-order valence-corrected chi connectivity index (χ3v) is 4.90. The highest BCUT2D eigenvalue weighted by molar-refractivity contribution is 7.03. The minimum absolute atomic E-state index is 0.135. The summed E-state index contributed by atoms with van der Waals surface area (Å²) >= 11 is 1.18. The van der Waals surface area contributed by atoms with Crippen LogP contribution in [0, 0.1) is 0 Å². The fourth-order valence-electron chi connectivity index (χ4n) is 2.98. The van der Waals surface area contributed by atoms with Gasteiger partial charge in [0.15, 0.2) is 5.69 Å². The van der Waals surface area contributed by atoms with Gasteiger partial charge in [0.05, 0.1) is 0 Å². The lowest BCUT2D eigenvalue weighted by Crippen LogP contribution is -2.30. The van der Waals surface area contributed by atoms with E-state index in [0.717, 1.165) is 16.7 Å². The Morgan fingerprint density at radius 1 is 0.857 bits per heavy atom. The Balaban J connectivity index is 1.55. The van der Waals surface area contributed by atoms with E-state index in [1.165, 1.54) is 17.1 Å². The van der Waals surface area contributed by atoms with Gasteiger partial charge in [0.2, 0.25) is 0 Å². The number of hydrogen-bond donors (Lipinski definition) is 0. The number of carbonyl (C=O) groups excluding carboxylic acids is 1. The van der Waals surface area contributed by atoms with E-state index in [1.54, 1.807) is 22.7 Å². The number of rotatable bonds is 6. The Morgan fingerprint density at radius 2 is 1.61 bits per heavy atom. The van der Waals surface area contributed by atoms with Gasteiger partial charge in [-0.15, -0.1) is 5.10 Å². The highest BCUT2D eigenvalue weighted by Gasteiger charge is 2.19. The summed E-state index contributed by atoms with van der Waals surface area (Å²) in [6.45, 7) is 0.949. The van der Waals surface area contributed by atoms with Crippen LogP contribution in [-0.4, -0.2) is 25.4 Å². The van der Waals surface area contributed by atoms with Crippen molar-refractivity contribution in [2.75, 3.05) is 0 Å². The van der Waals surface area contributed by atoms with Gasteiger partial charge in [-0.3, -0.25) is 9.78 Å². The second kappa shape index (κ2) is 8.54. The summed E-state index contributed by atoms with van der Waals surface area (Å²) in [6, 6.07) is 22.4. The predicted molar refractivity (Wildman–Crippen MR) is 110 cm³/mol. The van der Waals surface area contributed by atoms with E-state index < -0.39 is 0 Å². The van der Waals surface area contributed by atoms with Crippen LogP contribution in [0.2, 0.25) is 0 Å². The number of aromatic nitrogens is 3. The zero-order valence-electron chi connectivity index (χ0n) is 15.1. The predicted octanol–water partition coefficient (Wildman–Crippen LogP) is 4.44. The molecule has 0 radical (unpaired) electrons. The van der Waals surface area contributed by atoms with Crippen LogP contribution >= 0.6 is 11.5 Å². The number of hydrogen-bond acceptors (Lipinski definition) is 5. The molecule has 0 atom stereocenters. The minimum atomic E-state index is -0.135. The van der Waals surface area contributed by atoms with Gasteiger partial charge in [0.25, 0.3) is 5.91 Å². The van der Waals surface area contributed by atoms with Gasteiger partial charge in [0, 0.05) is 30.9 Å².